The number of fused-ring (bicyclic) bond motifs is 1. The lowest BCUT2D eigenvalue weighted by Crippen LogP contribution is -2.61. The molecule has 0 aromatic rings. The first-order chi connectivity index (χ1) is 6.98. The molecule has 2 saturated heterocycles. The molecule has 88 valence electrons. The van der Waals surface area contributed by atoms with E-state index in [1.807, 2.05) is 0 Å². The van der Waals surface area contributed by atoms with E-state index in [9.17, 15) is 8.42 Å². The number of hydrogen-bond donors (Lipinski definition) is 1. The molecule has 2 rings (SSSR count). The minimum absolute atomic E-state index is 0.0766. The highest BCUT2D eigenvalue weighted by molar-refractivity contribution is 7.88. The summed E-state index contributed by atoms with van der Waals surface area (Å²) < 4.78 is 29.8. The van der Waals surface area contributed by atoms with Crippen molar-refractivity contribution in [3.05, 3.63) is 0 Å². The topological polar surface area (TPSA) is 75.9 Å². The van der Waals surface area contributed by atoms with Crippen LogP contribution in [0.3, 0.4) is 0 Å². The van der Waals surface area contributed by atoms with Gasteiger partial charge < -0.3 is 4.74 Å². The van der Waals surface area contributed by atoms with Crippen LogP contribution in [0.25, 0.3) is 0 Å². The molecule has 2 unspecified atom stereocenters. The number of hydrogen-bond acceptors (Lipinski definition) is 5. The first kappa shape index (κ1) is 11.3. The lowest BCUT2D eigenvalue weighted by atomic mass is 10.0. The van der Waals surface area contributed by atoms with Gasteiger partial charge in [-0.3, -0.25) is 5.84 Å². The summed E-state index contributed by atoms with van der Waals surface area (Å²) in [7, 11) is -3.10. The van der Waals surface area contributed by atoms with E-state index < -0.39 is 10.0 Å². The molecule has 2 heterocycles. The van der Waals surface area contributed by atoms with Crippen LogP contribution in [0.5, 0.6) is 0 Å². The van der Waals surface area contributed by atoms with Gasteiger partial charge in [0.2, 0.25) is 10.0 Å². The smallest absolute Gasteiger partial charge is 0.211 e. The molecule has 0 spiro atoms. The predicted molar refractivity (Wildman–Crippen MR) is 55.5 cm³/mol. The number of nitrogens with two attached hydrogens (primary N) is 1. The molecule has 2 aliphatic rings. The van der Waals surface area contributed by atoms with Crippen molar-refractivity contribution in [3.63, 3.8) is 0 Å². The van der Waals surface area contributed by atoms with Gasteiger partial charge in [-0.1, -0.05) is 0 Å². The monoisotopic (exact) mass is 235 g/mol. The lowest BCUT2D eigenvalue weighted by molar-refractivity contribution is -0.0938. The molecule has 0 saturated carbocycles. The van der Waals surface area contributed by atoms with E-state index in [0.717, 1.165) is 13.0 Å². The number of rotatable bonds is 1. The van der Waals surface area contributed by atoms with Crippen molar-refractivity contribution in [2.24, 2.45) is 5.84 Å². The number of sulfonamides is 1. The third-order valence-corrected chi connectivity index (χ3v) is 4.33. The Kier molecular flexibility index (Phi) is 3.00. The van der Waals surface area contributed by atoms with Crippen LogP contribution in [-0.2, 0) is 14.8 Å². The second-order valence-electron chi connectivity index (χ2n) is 4.12. The number of morpholine rings is 1. The van der Waals surface area contributed by atoms with Crippen LogP contribution in [0.15, 0.2) is 0 Å². The summed E-state index contributed by atoms with van der Waals surface area (Å²) >= 11 is 0. The molecule has 0 aromatic heterocycles. The van der Waals surface area contributed by atoms with Crippen molar-refractivity contribution >= 4 is 10.0 Å². The second-order valence-corrected chi connectivity index (χ2v) is 6.11. The maximum absolute atomic E-state index is 11.4. The Balaban J connectivity index is 2.06. The van der Waals surface area contributed by atoms with E-state index in [2.05, 4.69) is 0 Å². The van der Waals surface area contributed by atoms with E-state index in [1.54, 1.807) is 5.01 Å². The van der Waals surface area contributed by atoms with Crippen LogP contribution < -0.4 is 5.84 Å². The molecule has 15 heavy (non-hydrogen) atoms. The quantitative estimate of drug-likeness (QED) is 0.565. The Hall–Kier alpha value is -0.210. The normalized spacial score (nSPS) is 35.1. The third kappa shape index (κ3) is 2.31. The molecular formula is C8H17N3O3S. The molecule has 7 heteroatoms. The van der Waals surface area contributed by atoms with Crippen LogP contribution in [0, 0.1) is 0 Å². The number of ether oxygens (including phenoxy) is 1. The summed E-state index contributed by atoms with van der Waals surface area (Å²) in [5.74, 6) is 5.83. The van der Waals surface area contributed by atoms with E-state index in [0.29, 0.717) is 19.7 Å². The fourth-order valence-corrected chi connectivity index (χ4v) is 3.05. The first-order valence-corrected chi connectivity index (χ1v) is 6.91. The van der Waals surface area contributed by atoms with E-state index >= 15 is 0 Å². The van der Waals surface area contributed by atoms with Crippen molar-refractivity contribution in [2.45, 2.75) is 18.6 Å². The Morgan fingerprint density at radius 3 is 2.80 bits per heavy atom. The molecule has 0 radical (unpaired) electrons. The van der Waals surface area contributed by atoms with Crippen LogP contribution in [0.4, 0.5) is 0 Å². The van der Waals surface area contributed by atoms with Gasteiger partial charge in [0.1, 0.15) is 0 Å². The Morgan fingerprint density at radius 1 is 1.40 bits per heavy atom. The Morgan fingerprint density at radius 2 is 2.13 bits per heavy atom. The first-order valence-electron chi connectivity index (χ1n) is 5.06. The van der Waals surface area contributed by atoms with Gasteiger partial charge in [-0.05, 0) is 6.42 Å². The van der Waals surface area contributed by atoms with E-state index in [1.165, 1.54) is 10.6 Å². The van der Waals surface area contributed by atoms with Crippen LogP contribution in [0.1, 0.15) is 6.42 Å². The van der Waals surface area contributed by atoms with Gasteiger partial charge in [-0.2, -0.15) is 4.31 Å². The number of hydrazine groups is 1. The van der Waals surface area contributed by atoms with Gasteiger partial charge in [-0.25, -0.2) is 13.4 Å². The molecule has 6 nitrogen and oxygen atoms in total. The van der Waals surface area contributed by atoms with Crippen molar-refractivity contribution in [3.8, 4) is 0 Å². The minimum Gasteiger partial charge on any atom is -0.374 e. The molecule has 0 bridgehead atoms. The van der Waals surface area contributed by atoms with Gasteiger partial charge in [0.15, 0.2) is 0 Å². The average Bonchev–Trinajstić information content (AvgIpc) is 2.16. The zero-order chi connectivity index (χ0) is 11.1. The Bertz CT molecular complexity index is 332. The standard InChI is InChI=1S/C8H17N3O3S/c1-15(12,13)10-3-2-7-8(6-10)14-5-4-11(7)9/h7-8H,2-6,9H2,1H3. The predicted octanol–water partition coefficient (Wildman–Crippen LogP) is -1.41. The van der Waals surface area contributed by atoms with Gasteiger partial charge in [0.25, 0.3) is 0 Å². The second kappa shape index (κ2) is 3.99. The summed E-state index contributed by atoms with van der Waals surface area (Å²) in [4.78, 5) is 0. The third-order valence-electron chi connectivity index (χ3n) is 3.06. The van der Waals surface area contributed by atoms with Crippen molar-refractivity contribution in [2.75, 3.05) is 32.5 Å². The van der Waals surface area contributed by atoms with E-state index in [4.69, 9.17) is 10.6 Å². The minimum atomic E-state index is -3.10. The van der Waals surface area contributed by atoms with Gasteiger partial charge in [0.05, 0.1) is 25.0 Å². The SMILES string of the molecule is CS(=O)(=O)N1CCC2C(C1)OCCN2N. The van der Waals surface area contributed by atoms with Crippen molar-refractivity contribution in [1.82, 2.24) is 9.31 Å². The molecule has 0 aromatic carbocycles. The van der Waals surface area contributed by atoms with Crippen molar-refractivity contribution < 1.29 is 13.2 Å². The van der Waals surface area contributed by atoms with Crippen LogP contribution >= 0.6 is 0 Å². The van der Waals surface area contributed by atoms with Crippen LogP contribution in [-0.4, -0.2) is 62.4 Å². The fraction of sp³-hybridized carbons (Fsp3) is 1.00. The molecule has 0 amide bonds. The van der Waals surface area contributed by atoms with Gasteiger partial charge in [0, 0.05) is 19.6 Å². The average molecular weight is 235 g/mol. The summed E-state index contributed by atoms with van der Waals surface area (Å²) in [6.07, 6.45) is 1.90. The maximum atomic E-state index is 11.4. The van der Waals surface area contributed by atoms with E-state index in [-0.39, 0.29) is 12.1 Å². The zero-order valence-corrected chi connectivity index (χ0v) is 9.61. The van der Waals surface area contributed by atoms with Crippen LogP contribution in [0.2, 0.25) is 0 Å². The summed E-state index contributed by atoms with van der Waals surface area (Å²) in [6, 6.07) is 0.164. The molecule has 2 aliphatic heterocycles. The molecule has 2 fully saturated rings. The largest absolute Gasteiger partial charge is 0.374 e. The fourth-order valence-electron chi connectivity index (χ4n) is 2.20. The van der Waals surface area contributed by atoms with Gasteiger partial charge >= 0.3 is 0 Å². The highest BCUT2D eigenvalue weighted by Crippen LogP contribution is 2.22. The lowest BCUT2D eigenvalue weighted by Gasteiger charge is -2.44. The highest BCUT2D eigenvalue weighted by atomic mass is 32.2. The van der Waals surface area contributed by atoms with Crippen molar-refractivity contribution in [1.29, 1.82) is 0 Å². The number of piperidine rings is 1. The number of nitrogens with zero attached hydrogens (tertiary/aromatic N) is 2. The molecule has 0 aliphatic carbocycles. The molecule has 2 N–H and O–H groups in total. The summed E-state index contributed by atoms with van der Waals surface area (Å²) in [6.45, 7) is 2.27. The Labute approximate surface area is 90.0 Å². The van der Waals surface area contributed by atoms with Gasteiger partial charge in [-0.15, -0.1) is 0 Å². The molecular weight excluding hydrogens is 218 g/mol. The summed E-state index contributed by atoms with van der Waals surface area (Å²) in [5.41, 5.74) is 0. The molecule has 2 atom stereocenters. The summed E-state index contributed by atoms with van der Waals surface area (Å²) in [5, 5.41) is 1.77. The highest BCUT2D eigenvalue weighted by Gasteiger charge is 2.38. The zero-order valence-electron chi connectivity index (χ0n) is 8.80. The maximum Gasteiger partial charge on any atom is 0.211 e.